The lowest BCUT2D eigenvalue weighted by Gasteiger charge is -2.04. The monoisotopic (exact) mass is 190 g/mol. The van der Waals surface area contributed by atoms with Gasteiger partial charge in [-0.05, 0) is 0 Å². The molecule has 0 bridgehead atoms. The first kappa shape index (κ1) is 10.1. The van der Waals surface area contributed by atoms with Crippen LogP contribution in [0.3, 0.4) is 0 Å². The molecule has 1 N–H and O–H groups in total. The lowest BCUT2D eigenvalue weighted by atomic mass is 10.4. The number of amides is 1. The quantitative estimate of drug-likeness (QED) is 0.659. The Kier molecular flexibility index (Phi) is 3.50. The normalized spacial score (nSPS) is 9.07. The van der Waals surface area contributed by atoms with Crippen LogP contribution in [-0.2, 0) is 11.3 Å². The molecule has 1 aromatic heterocycles. The molecule has 0 aromatic carbocycles. The van der Waals surface area contributed by atoms with E-state index in [4.69, 9.17) is 6.42 Å². The summed E-state index contributed by atoms with van der Waals surface area (Å²) >= 11 is 0. The minimum atomic E-state index is -0.174. The van der Waals surface area contributed by atoms with Gasteiger partial charge >= 0.3 is 0 Å². The van der Waals surface area contributed by atoms with Gasteiger partial charge < -0.3 is 9.88 Å². The average Bonchev–Trinajstić information content (AvgIpc) is 2.18. The highest BCUT2D eigenvalue weighted by Gasteiger charge is 1.98. The second-order valence-electron chi connectivity index (χ2n) is 2.69. The van der Waals surface area contributed by atoms with Gasteiger partial charge in [0.05, 0.1) is 6.54 Å². The van der Waals surface area contributed by atoms with Crippen molar-refractivity contribution in [3.8, 4) is 12.3 Å². The first-order chi connectivity index (χ1) is 6.72. The molecule has 1 aromatic rings. The number of carbonyl (C=O) groups is 1. The highest BCUT2D eigenvalue weighted by atomic mass is 16.2. The molecule has 4 nitrogen and oxygen atoms in total. The van der Waals surface area contributed by atoms with Crippen LogP contribution in [0.25, 0.3) is 0 Å². The van der Waals surface area contributed by atoms with Crippen molar-refractivity contribution >= 4 is 5.91 Å². The van der Waals surface area contributed by atoms with Crippen molar-refractivity contribution < 1.29 is 4.79 Å². The Morgan fingerprint density at radius 1 is 1.50 bits per heavy atom. The summed E-state index contributed by atoms with van der Waals surface area (Å²) in [5.74, 6) is 2.13. The van der Waals surface area contributed by atoms with Crippen molar-refractivity contribution in [2.45, 2.75) is 6.54 Å². The largest absolute Gasteiger partial charge is 0.345 e. The number of nitrogens with zero attached hydrogens (tertiary/aromatic N) is 1. The molecule has 0 spiro atoms. The Labute approximate surface area is 81.6 Å². The predicted octanol–water partition coefficient (Wildman–Crippen LogP) is -0.402. The van der Waals surface area contributed by atoms with Gasteiger partial charge in [-0.25, -0.2) is 0 Å². The molecule has 0 saturated carbocycles. The molecule has 4 heteroatoms. The van der Waals surface area contributed by atoms with Gasteiger partial charge in [-0.3, -0.25) is 9.59 Å². The van der Waals surface area contributed by atoms with Crippen molar-refractivity contribution in [3.05, 3.63) is 34.7 Å². The molecule has 1 rings (SSSR count). The smallest absolute Gasteiger partial charge is 0.240 e. The zero-order valence-electron chi connectivity index (χ0n) is 7.56. The minimum Gasteiger partial charge on any atom is -0.345 e. The maximum Gasteiger partial charge on any atom is 0.240 e. The molecule has 0 saturated heterocycles. The fraction of sp³-hybridized carbons (Fsp3) is 0.200. The van der Waals surface area contributed by atoms with Crippen LogP contribution >= 0.6 is 0 Å². The highest BCUT2D eigenvalue weighted by Crippen LogP contribution is 1.83. The number of terminal acetylenes is 1. The van der Waals surface area contributed by atoms with E-state index in [0.29, 0.717) is 0 Å². The number of rotatable bonds is 3. The molecule has 1 amide bonds. The van der Waals surface area contributed by atoms with Crippen LogP contribution < -0.4 is 10.7 Å². The van der Waals surface area contributed by atoms with E-state index in [1.807, 2.05) is 0 Å². The number of carbonyl (C=O) groups excluding carboxylic acids is 1. The third-order valence-corrected chi connectivity index (χ3v) is 1.57. The number of hydrogen-bond donors (Lipinski definition) is 1. The van der Waals surface area contributed by atoms with Crippen molar-refractivity contribution in [2.75, 3.05) is 6.54 Å². The molecule has 0 aliphatic heterocycles. The molecule has 0 unspecified atom stereocenters. The van der Waals surface area contributed by atoms with Gasteiger partial charge in [0.25, 0.3) is 0 Å². The van der Waals surface area contributed by atoms with Crippen LogP contribution in [0.1, 0.15) is 0 Å². The summed E-state index contributed by atoms with van der Waals surface area (Å²) in [6.07, 6.45) is 8.08. The second kappa shape index (κ2) is 4.87. The maximum atomic E-state index is 11.2. The number of aromatic nitrogens is 1. The summed E-state index contributed by atoms with van der Waals surface area (Å²) in [6.45, 7) is 0.390. The summed E-state index contributed by atoms with van der Waals surface area (Å²) in [6, 6.07) is 2.79. The highest BCUT2D eigenvalue weighted by molar-refractivity contribution is 5.75. The molecule has 0 aliphatic rings. The van der Waals surface area contributed by atoms with E-state index in [0.717, 1.165) is 0 Å². The SMILES string of the molecule is C#CCNC(=O)Cn1ccc(=O)cc1. The van der Waals surface area contributed by atoms with Crippen LogP contribution in [0.2, 0.25) is 0 Å². The van der Waals surface area contributed by atoms with Gasteiger partial charge in [-0.1, -0.05) is 5.92 Å². The molecule has 0 aliphatic carbocycles. The Morgan fingerprint density at radius 3 is 2.71 bits per heavy atom. The Hall–Kier alpha value is -2.02. The predicted molar refractivity (Wildman–Crippen MR) is 52.5 cm³/mol. The standard InChI is InChI=1S/C10H10N2O2/c1-2-5-11-10(14)8-12-6-3-9(13)4-7-12/h1,3-4,6-7H,5,8H2,(H,11,14). The Balaban J connectivity index is 2.53. The van der Waals surface area contributed by atoms with Crippen LogP contribution in [0.15, 0.2) is 29.3 Å². The molecule has 0 atom stereocenters. The zero-order chi connectivity index (χ0) is 10.4. The first-order valence-electron chi connectivity index (χ1n) is 4.08. The van der Waals surface area contributed by atoms with E-state index in [1.165, 1.54) is 12.1 Å². The van der Waals surface area contributed by atoms with Gasteiger partial charge in [0.15, 0.2) is 5.43 Å². The average molecular weight is 190 g/mol. The van der Waals surface area contributed by atoms with E-state index >= 15 is 0 Å². The zero-order valence-corrected chi connectivity index (χ0v) is 7.56. The summed E-state index contributed by atoms with van der Waals surface area (Å²) in [4.78, 5) is 21.9. The van der Waals surface area contributed by atoms with Crippen molar-refractivity contribution in [3.63, 3.8) is 0 Å². The number of pyridine rings is 1. The first-order valence-corrected chi connectivity index (χ1v) is 4.08. The summed E-state index contributed by atoms with van der Waals surface area (Å²) in [7, 11) is 0. The molecule has 0 radical (unpaired) electrons. The van der Waals surface area contributed by atoms with Crippen molar-refractivity contribution in [1.29, 1.82) is 0 Å². The second-order valence-corrected chi connectivity index (χ2v) is 2.69. The molecular formula is C10H10N2O2. The Morgan fingerprint density at radius 2 is 2.14 bits per heavy atom. The topological polar surface area (TPSA) is 51.1 Å². The fourth-order valence-electron chi connectivity index (χ4n) is 0.920. The van der Waals surface area contributed by atoms with E-state index < -0.39 is 0 Å². The van der Waals surface area contributed by atoms with Gasteiger partial charge in [0.1, 0.15) is 6.54 Å². The van der Waals surface area contributed by atoms with Gasteiger partial charge in [-0.2, -0.15) is 0 Å². The van der Waals surface area contributed by atoms with Crippen molar-refractivity contribution in [2.24, 2.45) is 0 Å². The molecule has 0 fully saturated rings. The van der Waals surface area contributed by atoms with Crippen LogP contribution in [0.5, 0.6) is 0 Å². The molecule has 14 heavy (non-hydrogen) atoms. The summed E-state index contributed by atoms with van der Waals surface area (Å²) < 4.78 is 1.60. The van der Waals surface area contributed by atoms with E-state index in [1.54, 1.807) is 17.0 Å². The molecule has 1 heterocycles. The van der Waals surface area contributed by atoms with Gasteiger partial charge in [0.2, 0.25) is 5.91 Å². The van der Waals surface area contributed by atoms with Gasteiger partial charge in [0, 0.05) is 24.5 Å². The number of nitrogens with one attached hydrogen (secondary N) is 1. The fourth-order valence-corrected chi connectivity index (χ4v) is 0.920. The third kappa shape index (κ3) is 3.15. The molecule has 72 valence electrons. The number of hydrogen-bond acceptors (Lipinski definition) is 2. The third-order valence-electron chi connectivity index (χ3n) is 1.57. The Bertz CT molecular complexity index is 394. The van der Waals surface area contributed by atoms with E-state index in [9.17, 15) is 9.59 Å². The summed E-state index contributed by atoms with van der Waals surface area (Å²) in [5, 5.41) is 2.52. The van der Waals surface area contributed by atoms with Crippen LogP contribution in [0.4, 0.5) is 0 Å². The minimum absolute atomic E-state index is 0.0784. The van der Waals surface area contributed by atoms with Crippen LogP contribution in [-0.4, -0.2) is 17.0 Å². The van der Waals surface area contributed by atoms with Crippen molar-refractivity contribution in [1.82, 2.24) is 9.88 Å². The lowest BCUT2D eigenvalue weighted by Crippen LogP contribution is -2.27. The maximum absolute atomic E-state index is 11.2. The van der Waals surface area contributed by atoms with Gasteiger partial charge in [-0.15, -0.1) is 6.42 Å². The van der Waals surface area contributed by atoms with Crippen LogP contribution in [0, 0.1) is 12.3 Å². The summed E-state index contributed by atoms with van der Waals surface area (Å²) in [5.41, 5.74) is -0.0784. The molecular weight excluding hydrogens is 180 g/mol. The van der Waals surface area contributed by atoms with E-state index in [2.05, 4.69) is 11.2 Å². The lowest BCUT2D eigenvalue weighted by molar-refractivity contribution is -0.121. The van der Waals surface area contributed by atoms with E-state index in [-0.39, 0.29) is 24.4 Å².